The molecule has 0 spiro atoms. The van der Waals surface area contributed by atoms with Gasteiger partial charge in [0.15, 0.2) is 0 Å². The third-order valence-corrected chi connectivity index (χ3v) is 5.66. The van der Waals surface area contributed by atoms with Crippen LogP contribution < -0.4 is 0 Å². The molecule has 4 heteroatoms. The van der Waals surface area contributed by atoms with Gasteiger partial charge in [0.05, 0.1) is 0 Å². The minimum Gasteiger partial charge on any atom is -0.336 e. The quantitative estimate of drug-likeness (QED) is 0.801. The number of halogens is 1. The number of hydrogen-bond donors (Lipinski definition) is 0. The van der Waals surface area contributed by atoms with E-state index in [1.807, 2.05) is 4.90 Å². The van der Waals surface area contributed by atoms with Crippen LogP contribution in [0.5, 0.6) is 0 Å². The molecule has 3 aliphatic rings. The summed E-state index contributed by atoms with van der Waals surface area (Å²) in [5.74, 6) is 2.15. The van der Waals surface area contributed by atoms with Crippen molar-refractivity contribution < 1.29 is 9.18 Å². The van der Waals surface area contributed by atoms with E-state index in [-0.39, 0.29) is 11.7 Å². The van der Waals surface area contributed by atoms with Crippen LogP contribution in [0.4, 0.5) is 4.39 Å². The first-order valence-electron chi connectivity index (χ1n) is 8.64. The molecule has 1 amide bonds. The van der Waals surface area contributed by atoms with Crippen LogP contribution >= 0.6 is 0 Å². The van der Waals surface area contributed by atoms with Gasteiger partial charge in [-0.05, 0) is 54.9 Å². The summed E-state index contributed by atoms with van der Waals surface area (Å²) in [4.78, 5) is 16.8. The van der Waals surface area contributed by atoms with E-state index in [0.29, 0.717) is 5.56 Å². The largest absolute Gasteiger partial charge is 0.336 e. The Labute approximate surface area is 136 Å². The summed E-state index contributed by atoms with van der Waals surface area (Å²) < 4.78 is 13.0. The zero-order valence-corrected chi connectivity index (χ0v) is 13.3. The molecule has 3 nitrogen and oxygen atoms in total. The van der Waals surface area contributed by atoms with Crippen LogP contribution in [0.1, 0.15) is 23.2 Å². The summed E-state index contributed by atoms with van der Waals surface area (Å²) in [5.41, 5.74) is 0.582. The van der Waals surface area contributed by atoms with Crippen LogP contribution in [0.15, 0.2) is 36.4 Å². The third kappa shape index (κ3) is 3.05. The molecule has 1 saturated carbocycles. The molecule has 1 aromatic rings. The second kappa shape index (κ2) is 6.08. The molecule has 1 aliphatic heterocycles. The maximum atomic E-state index is 13.0. The first-order valence-corrected chi connectivity index (χ1v) is 8.64. The molecule has 0 unspecified atom stereocenters. The molecule has 1 aromatic carbocycles. The fourth-order valence-corrected chi connectivity index (χ4v) is 4.34. The Balaban J connectivity index is 1.29. The van der Waals surface area contributed by atoms with E-state index in [1.54, 1.807) is 12.1 Å². The maximum Gasteiger partial charge on any atom is 0.253 e. The van der Waals surface area contributed by atoms with Gasteiger partial charge in [-0.15, -0.1) is 0 Å². The van der Waals surface area contributed by atoms with Crippen LogP contribution in [0.3, 0.4) is 0 Å². The Hall–Kier alpha value is -1.68. The molecule has 2 aliphatic carbocycles. The molecular weight excluding hydrogens is 291 g/mol. The molecule has 122 valence electrons. The van der Waals surface area contributed by atoms with Gasteiger partial charge in [0.25, 0.3) is 5.91 Å². The average Bonchev–Trinajstić information content (AvgIpc) is 3.18. The zero-order chi connectivity index (χ0) is 15.8. The minimum atomic E-state index is -0.300. The Morgan fingerprint density at radius 1 is 1.04 bits per heavy atom. The smallest absolute Gasteiger partial charge is 0.253 e. The van der Waals surface area contributed by atoms with Crippen molar-refractivity contribution >= 4 is 5.91 Å². The zero-order valence-electron chi connectivity index (χ0n) is 13.3. The van der Waals surface area contributed by atoms with Crippen molar-refractivity contribution in [3.8, 4) is 0 Å². The molecule has 23 heavy (non-hydrogen) atoms. The standard InChI is InChI=1S/C19H23FN2O/c20-18-5-3-15(4-6-18)19(23)22-9-7-21(8-10-22)13-17-12-14-1-2-16(17)11-14/h1-6,14,16-17H,7-13H2/t14-,16+,17-/m1/s1. The van der Waals surface area contributed by atoms with Gasteiger partial charge in [0.1, 0.15) is 5.82 Å². The summed E-state index contributed by atoms with van der Waals surface area (Å²) >= 11 is 0. The van der Waals surface area contributed by atoms with Crippen LogP contribution in [0.25, 0.3) is 0 Å². The molecule has 3 atom stereocenters. The lowest BCUT2D eigenvalue weighted by Crippen LogP contribution is -2.50. The molecule has 2 bridgehead atoms. The lowest BCUT2D eigenvalue weighted by molar-refractivity contribution is 0.0610. The fourth-order valence-electron chi connectivity index (χ4n) is 4.34. The number of carbonyl (C=O) groups is 1. The number of benzene rings is 1. The number of amides is 1. The number of rotatable bonds is 3. The van der Waals surface area contributed by atoms with Gasteiger partial charge in [-0.2, -0.15) is 0 Å². The van der Waals surface area contributed by atoms with Crippen molar-refractivity contribution in [1.29, 1.82) is 0 Å². The highest BCUT2D eigenvalue weighted by atomic mass is 19.1. The Morgan fingerprint density at radius 3 is 2.39 bits per heavy atom. The normalized spacial score (nSPS) is 30.1. The van der Waals surface area contributed by atoms with Gasteiger partial charge in [-0.3, -0.25) is 9.69 Å². The summed E-state index contributed by atoms with van der Waals surface area (Å²) in [6, 6.07) is 5.86. The van der Waals surface area contributed by atoms with Gasteiger partial charge in [-0.1, -0.05) is 12.2 Å². The number of allylic oxidation sites excluding steroid dienone is 2. The minimum absolute atomic E-state index is 0.0208. The SMILES string of the molecule is O=C(c1ccc(F)cc1)N1CCN(C[C@H]2C[C@@H]3C=C[C@H]2C3)CC1. The lowest BCUT2D eigenvalue weighted by Gasteiger charge is -2.37. The molecule has 0 aromatic heterocycles. The molecule has 4 rings (SSSR count). The highest BCUT2D eigenvalue weighted by Gasteiger charge is 2.36. The van der Waals surface area contributed by atoms with Gasteiger partial charge in [-0.25, -0.2) is 4.39 Å². The van der Waals surface area contributed by atoms with Gasteiger partial charge >= 0.3 is 0 Å². The molecule has 0 radical (unpaired) electrons. The number of carbonyl (C=O) groups excluding carboxylic acids is 1. The Kier molecular flexibility index (Phi) is 3.93. The van der Waals surface area contributed by atoms with Crippen molar-refractivity contribution in [3.63, 3.8) is 0 Å². The van der Waals surface area contributed by atoms with E-state index in [1.165, 1.54) is 31.5 Å². The fraction of sp³-hybridized carbons (Fsp3) is 0.526. The van der Waals surface area contributed by atoms with Crippen molar-refractivity contribution in [2.75, 3.05) is 32.7 Å². The first kappa shape index (κ1) is 14.9. The molecular formula is C19H23FN2O. The van der Waals surface area contributed by atoms with E-state index in [2.05, 4.69) is 17.1 Å². The highest BCUT2D eigenvalue weighted by molar-refractivity contribution is 5.94. The van der Waals surface area contributed by atoms with Gasteiger partial charge < -0.3 is 4.90 Å². The van der Waals surface area contributed by atoms with E-state index in [0.717, 1.165) is 43.9 Å². The average molecular weight is 314 g/mol. The molecule has 1 heterocycles. The maximum absolute atomic E-state index is 13.0. The van der Waals surface area contributed by atoms with E-state index < -0.39 is 0 Å². The lowest BCUT2D eigenvalue weighted by atomic mass is 9.93. The van der Waals surface area contributed by atoms with E-state index in [9.17, 15) is 9.18 Å². The van der Waals surface area contributed by atoms with Gasteiger partial charge in [0, 0.05) is 38.3 Å². The molecule has 1 saturated heterocycles. The van der Waals surface area contributed by atoms with Crippen molar-refractivity contribution in [2.45, 2.75) is 12.8 Å². The second-order valence-corrected chi connectivity index (χ2v) is 7.14. The summed E-state index contributed by atoms with van der Waals surface area (Å²) in [6.45, 7) is 4.61. The first-order chi connectivity index (χ1) is 11.2. The van der Waals surface area contributed by atoms with Crippen molar-refractivity contribution in [1.82, 2.24) is 9.80 Å². The molecule has 0 N–H and O–H groups in total. The molecule has 2 fully saturated rings. The van der Waals surface area contributed by atoms with Gasteiger partial charge in [0.2, 0.25) is 0 Å². The Bertz CT molecular complexity index is 604. The predicted molar refractivity (Wildman–Crippen MR) is 87.6 cm³/mol. The number of piperazine rings is 1. The summed E-state index contributed by atoms with van der Waals surface area (Å²) in [5, 5.41) is 0. The van der Waals surface area contributed by atoms with Crippen LogP contribution in [-0.2, 0) is 0 Å². The topological polar surface area (TPSA) is 23.6 Å². The highest BCUT2D eigenvalue weighted by Crippen LogP contribution is 2.43. The van der Waals surface area contributed by atoms with Crippen molar-refractivity contribution in [2.24, 2.45) is 17.8 Å². The van der Waals surface area contributed by atoms with Crippen LogP contribution in [-0.4, -0.2) is 48.4 Å². The van der Waals surface area contributed by atoms with Crippen LogP contribution in [0, 0.1) is 23.6 Å². The van der Waals surface area contributed by atoms with E-state index >= 15 is 0 Å². The number of nitrogens with zero attached hydrogens (tertiary/aromatic N) is 2. The number of fused-ring (bicyclic) bond motifs is 2. The predicted octanol–water partition coefficient (Wildman–Crippen LogP) is 2.80. The second-order valence-electron chi connectivity index (χ2n) is 7.14. The van der Waals surface area contributed by atoms with Crippen LogP contribution in [0.2, 0.25) is 0 Å². The number of hydrogen-bond acceptors (Lipinski definition) is 2. The monoisotopic (exact) mass is 314 g/mol. The van der Waals surface area contributed by atoms with Crippen molar-refractivity contribution in [3.05, 3.63) is 47.8 Å². The summed E-state index contributed by atoms with van der Waals surface area (Å²) in [6.07, 6.45) is 7.50. The summed E-state index contributed by atoms with van der Waals surface area (Å²) in [7, 11) is 0. The third-order valence-electron chi connectivity index (χ3n) is 5.66. The Morgan fingerprint density at radius 2 is 1.78 bits per heavy atom. The van der Waals surface area contributed by atoms with E-state index in [4.69, 9.17) is 0 Å².